The minimum Gasteiger partial charge on any atom is -0.482 e. The Morgan fingerprint density at radius 3 is 2.60 bits per heavy atom. The monoisotopic (exact) mass is 348 g/mol. The Labute approximate surface area is 147 Å². The Bertz CT molecular complexity index is 640. The van der Waals surface area contributed by atoms with Gasteiger partial charge in [-0.15, -0.1) is 6.58 Å². The minimum atomic E-state index is -0.728. The van der Waals surface area contributed by atoms with Crippen LogP contribution in [0, 0.1) is 6.92 Å². The van der Waals surface area contributed by atoms with Crippen molar-refractivity contribution in [3.63, 3.8) is 0 Å². The first-order valence-corrected chi connectivity index (χ1v) is 7.91. The number of aryl methyl sites for hydroxylation is 1. The summed E-state index contributed by atoms with van der Waals surface area (Å²) in [4.78, 5) is 34.4. The average molecular weight is 348 g/mol. The van der Waals surface area contributed by atoms with Crippen molar-refractivity contribution in [2.75, 3.05) is 19.8 Å². The number of esters is 1. The maximum Gasteiger partial charge on any atom is 0.344 e. The number of ether oxygens (including phenoxy) is 2. The predicted molar refractivity (Wildman–Crippen MR) is 93.5 cm³/mol. The molecule has 0 saturated heterocycles. The van der Waals surface area contributed by atoms with E-state index in [0.29, 0.717) is 5.75 Å². The number of benzene rings is 1. The summed E-state index contributed by atoms with van der Waals surface area (Å²) in [5.74, 6) is -0.571. The molecular formula is C18H24N2O5. The molecule has 3 amide bonds. The molecule has 0 atom stereocenters. The van der Waals surface area contributed by atoms with E-state index in [4.69, 9.17) is 9.47 Å². The zero-order valence-corrected chi connectivity index (χ0v) is 14.8. The highest BCUT2D eigenvalue weighted by Gasteiger charge is 2.13. The third-order valence-electron chi connectivity index (χ3n) is 3.16. The first kappa shape index (κ1) is 20.2. The first-order valence-electron chi connectivity index (χ1n) is 7.91. The van der Waals surface area contributed by atoms with E-state index in [9.17, 15) is 14.4 Å². The molecule has 0 aliphatic heterocycles. The molecule has 0 fully saturated rings. The Hall–Kier alpha value is -2.83. The molecule has 0 radical (unpaired) electrons. The van der Waals surface area contributed by atoms with Crippen LogP contribution in [-0.4, -0.2) is 37.7 Å². The lowest BCUT2D eigenvalue weighted by Crippen LogP contribution is -2.41. The van der Waals surface area contributed by atoms with Gasteiger partial charge in [0.15, 0.2) is 13.2 Å². The van der Waals surface area contributed by atoms with Crippen molar-refractivity contribution in [1.82, 2.24) is 10.6 Å². The number of hydrogen-bond donors (Lipinski definition) is 2. The lowest BCUT2D eigenvalue weighted by Gasteiger charge is -2.14. The molecule has 1 aromatic rings. The summed E-state index contributed by atoms with van der Waals surface area (Å²) in [5.41, 5.74) is 1.99. The minimum absolute atomic E-state index is 0.224. The Morgan fingerprint density at radius 2 is 1.96 bits per heavy atom. The molecule has 0 aliphatic rings. The molecule has 7 nitrogen and oxygen atoms in total. The smallest absolute Gasteiger partial charge is 0.344 e. The van der Waals surface area contributed by atoms with Crippen LogP contribution in [0.2, 0.25) is 0 Å². The van der Waals surface area contributed by atoms with Crippen LogP contribution in [0.3, 0.4) is 0 Å². The highest BCUT2D eigenvalue weighted by Crippen LogP contribution is 2.27. The highest BCUT2D eigenvalue weighted by atomic mass is 16.6. The van der Waals surface area contributed by atoms with Crippen molar-refractivity contribution in [1.29, 1.82) is 0 Å². The van der Waals surface area contributed by atoms with Crippen LogP contribution in [-0.2, 0) is 14.3 Å². The van der Waals surface area contributed by atoms with Crippen LogP contribution in [0.4, 0.5) is 4.79 Å². The molecule has 0 bridgehead atoms. The summed E-state index contributed by atoms with van der Waals surface area (Å²) in [6, 6.07) is 5.09. The second-order valence-electron chi connectivity index (χ2n) is 5.69. The lowest BCUT2D eigenvalue weighted by atomic mass is 10.0. The van der Waals surface area contributed by atoms with E-state index in [1.54, 1.807) is 0 Å². The van der Waals surface area contributed by atoms with E-state index in [0.717, 1.165) is 11.1 Å². The second-order valence-corrected chi connectivity index (χ2v) is 5.69. The van der Waals surface area contributed by atoms with Gasteiger partial charge in [0.05, 0.1) is 0 Å². The molecule has 7 heteroatoms. The van der Waals surface area contributed by atoms with Crippen LogP contribution < -0.4 is 15.4 Å². The van der Waals surface area contributed by atoms with Crippen molar-refractivity contribution in [3.8, 4) is 5.75 Å². The highest BCUT2D eigenvalue weighted by molar-refractivity contribution is 5.95. The third kappa shape index (κ3) is 7.52. The Morgan fingerprint density at radius 1 is 1.24 bits per heavy atom. The van der Waals surface area contributed by atoms with Gasteiger partial charge in [0.1, 0.15) is 5.75 Å². The average Bonchev–Trinajstić information content (AvgIpc) is 2.56. The van der Waals surface area contributed by atoms with E-state index >= 15 is 0 Å². The molecule has 0 aromatic heterocycles. The van der Waals surface area contributed by atoms with Crippen LogP contribution in [0.1, 0.15) is 30.9 Å². The standard InChI is InChI=1S/C18H24N2O5/c1-5-8-19-18(23)20-16(21)10-25-17(22)11-24-15-9-13(4)6-7-14(15)12(2)3/h5-7,9,12H,1,8,10-11H2,2-4H3,(H2,19,20,21,23). The Balaban J connectivity index is 2.43. The lowest BCUT2D eigenvalue weighted by molar-refractivity contribution is -0.150. The molecule has 2 N–H and O–H groups in total. The fraction of sp³-hybridized carbons (Fsp3) is 0.389. The number of carbonyl (C=O) groups is 3. The normalized spacial score (nSPS) is 10.1. The summed E-state index contributed by atoms with van der Waals surface area (Å²) in [6.45, 7) is 8.75. The number of carbonyl (C=O) groups excluding carboxylic acids is 3. The molecule has 0 unspecified atom stereocenters. The topological polar surface area (TPSA) is 93.7 Å². The van der Waals surface area contributed by atoms with E-state index in [1.165, 1.54) is 6.08 Å². The summed E-state index contributed by atoms with van der Waals surface area (Å²) < 4.78 is 10.3. The van der Waals surface area contributed by atoms with Gasteiger partial charge < -0.3 is 14.8 Å². The predicted octanol–water partition coefficient (Wildman–Crippen LogP) is 2.05. The fourth-order valence-electron chi connectivity index (χ4n) is 1.94. The number of imide groups is 1. The third-order valence-corrected chi connectivity index (χ3v) is 3.16. The van der Waals surface area contributed by atoms with Crippen LogP contribution in [0.25, 0.3) is 0 Å². The number of rotatable bonds is 8. The van der Waals surface area contributed by atoms with Crippen molar-refractivity contribution in [2.24, 2.45) is 0 Å². The van der Waals surface area contributed by atoms with E-state index in [1.807, 2.05) is 44.3 Å². The maximum absolute atomic E-state index is 11.7. The van der Waals surface area contributed by atoms with Crippen molar-refractivity contribution in [2.45, 2.75) is 26.7 Å². The maximum atomic E-state index is 11.7. The number of amides is 3. The van der Waals surface area contributed by atoms with Gasteiger partial charge in [0, 0.05) is 6.54 Å². The first-order chi connectivity index (χ1) is 11.8. The van der Waals surface area contributed by atoms with Gasteiger partial charge in [-0.1, -0.05) is 32.1 Å². The van der Waals surface area contributed by atoms with Gasteiger partial charge in [0.25, 0.3) is 5.91 Å². The molecule has 1 rings (SSSR count). The number of hydrogen-bond acceptors (Lipinski definition) is 5. The molecular weight excluding hydrogens is 324 g/mol. The van der Waals surface area contributed by atoms with E-state index in [2.05, 4.69) is 11.9 Å². The quantitative estimate of drug-likeness (QED) is 0.554. The van der Waals surface area contributed by atoms with Gasteiger partial charge in [-0.3, -0.25) is 10.1 Å². The van der Waals surface area contributed by atoms with Crippen LogP contribution in [0.5, 0.6) is 5.75 Å². The van der Waals surface area contributed by atoms with E-state index in [-0.39, 0.29) is 19.1 Å². The van der Waals surface area contributed by atoms with Gasteiger partial charge in [-0.05, 0) is 30.0 Å². The van der Waals surface area contributed by atoms with Crippen molar-refractivity contribution in [3.05, 3.63) is 42.0 Å². The summed E-state index contributed by atoms with van der Waals surface area (Å²) >= 11 is 0. The van der Waals surface area contributed by atoms with Crippen molar-refractivity contribution >= 4 is 17.9 Å². The van der Waals surface area contributed by atoms with E-state index < -0.39 is 24.5 Å². The largest absolute Gasteiger partial charge is 0.482 e. The van der Waals surface area contributed by atoms with Gasteiger partial charge in [-0.2, -0.15) is 0 Å². The van der Waals surface area contributed by atoms with Crippen molar-refractivity contribution < 1.29 is 23.9 Å². The number of nitrogens with one attached hydrogen (secondary N) is 2. The second kappa shape index (κ2) is 10.1. The molecule has 0 saturated carbocycles. The summed E-state index contributed by atoms with van der Waals surface area (Å²) in [5, 5.41) is 4.39. The molecule has 1 aromatic carbocycles. The molecule has 0 spiro atoms. The van der Waals surface area contributed by atoms with Gasteiger partial charge >= 0.3 is 12.0 Å². The number of urea groups is 1. The van der Waals surface area contributed by atoms with Crippen LogP contribution >= 0.6 is 0 Å². The fourth-order valence-corrected chi connectivity index (χ4v) is 1.94. The van der Waals surface area contributed by atoms with Gasteiger partial charge in [-0.25, -0.2) is 9.59 Å². The summed E-state index contributed by atoms with van der Waals surface area (Å²) in [7, 11) is 0. The van der Waals surface area contributed by atoms with Gasteiger partial charge in [0.2, 0.25) is 0 Å². The zero-order valence-electron chi connectivity index (χ0n) is 14.8. The molecule has 136 valence electrons. The molecule has 25 heavy (non-hydrogen) atoms. The van der Waals surface area contributed by atoms with Crippen LogP contribution in [0.15, 0.2) is 30.9 Å². The Kier molecular flexibility index (Phi) is 8.18. The SMILES string of the molecule is C=CCNC(=O)NC(=O)COC(=O)COc1cc(C)ccc1C(C)C. The summed E-state index contributed by atoms with van der Waals surface area (Å²) in [6.07, 6.45) is 1.47. The molecule has 0 aliphatic carbocycles. The molecule has 0 heterocycles. The zero-order chi connectivity index (χ0) is 18.8.